The summed E-state index contributed by atoms with van der Waals surface area (Å²) in [6.07, 6.45) is 1.98. The van der Waals surface area contributed by atoms with E-state index in [1.165, 1.54) is 12.5 Å². The number of Topliss-reactive ketones (excluding diaryl/α,β-unsaturated/α-hetero) is 2. The summed E-state index contributed by atoms with van der Waals surface area (Å²) in [5.74, 6) is -0.962. The standard InChI is InChI=1S/C21H19NO3/c1-3-6-14-9-11-15(12-10-14)18-19(22-13(2)23)21(25)17-8-5-4-7-16(17)20(18)24/h4-5,7-12H,3,6H2,1-2H3,(H,22,23). The van der Waals surface area contributed by atoms with Gasteiger partial charge in [-0.2, -0.15) is 0 Å². The summed E-state index contributed by atoms with van der Waals surface area (Å²) >= 11 is 0. The molecule has 1 aliphatic rings. The molecule has 2 aromatic rings. The van der Waals surface area contributed by atoms with Crippen LogP contribution in [0.5, 0.6) is 0 Å². The van der Waals surface area contributed by atoms with Gasteiger partial charge >= 0.3 is 0 Å². The van der Waals surface area contributed by atoms with Crippen molar-refractivity contribution >= 4 is 23.0 Å². The molecule has 0 saturated carbocycles. The summed E-state index contributed by atoms with van der Waals surface area (Å²) in [5.41, 5.74) is 2.80. The van der Waals surface area contributed by atoms with E-state index in [1.807, 2.05) is 24.3 Å². The molecule has 3 rings (SSSR count). The molecule has 0 fully saturated rings. The van der Waals surface area contributed by atoms with Crippen LogP contribution in [0.15, 0.2) is 54.2 Å². The predicted octanol–water partition coefficient (Wildman–Crippen LogP) is 3.57. The van der Waals surface area contributed by atoms with Crippen LogP contribution in [0.25, 0.3) is 5.57 Å². The smallest absolute Gasteiger partial charge is 0.221 e. The predicted molar refractivity (Wildman–Crippen MR) is 96.3 cm³/mol. The zero-order chi connectivity index (χ0) is 18.0. The summed E-state index contributed by atoms with van der Waals surface area (Å²) in [6.45, 7) is 3.43. The summed E-state index contributed by atoms with van der Waals surface area (Å²) in [5, 5.41) is 2.56. The summed E-state index contributed by atoms with van der Waals surface area (Å²) in [4.78, 5) is 37.4. The highest BCUT2D eigenvalue weighted by molar-refractivity contribution is 6.40. The zero-order valence-corrected chi connectivity index (χ0v) is 14.3. The number of aryl methyl sites for hydroxylation is 1. The van der Waals surface area contributed by atoms with E-state index >= 15 is 0 Å². The van der Waals surface area contributed by atoms with E-state index in [4.69, 9.17) is 0 Å². The van der Waals surface area contributed by atoms with Crippen molar-refractivity contribution in [3.8, 4) is 0 Å². The van der Waals surface area contributed by atoms with Gasteiger partial charge in [0.15, 0.2) is 5.78 Å². The van der Waals surface area contributed by atoms with Crippen molar-refractivity contribution in [2.45, 2.75) is 26.7 Å². The lowest BCUT2D eigenvalue weighted by molar-refractivity contribution is -0.118. The van der Waals surface area contributed by atoms with Gasteiger partial charge in [0.1, 0.15) is 5.70 Å². The third kappa shape index (κ3) is 3.15. The number of rotatable bonds is 4. The fourth-order valence-corrected chi connectivity index (χ4v) is 3.07. The molecular weight excluding hydrogens is 314 g/mol. The molecule has 4 nitrogen and oxygen atoms in total. The highest BCUT2D eigenvalue weighted by atomic mass is 16.2. The van der Waals surface area contributed by atoms with Crippen LogP contribution in [0.4, 0.5) is 0 Å². The van der Waals surface area contributed by atoms with Crippen LogP contribution in [0.3, 0.4) is 0 Å². The first kappa shape index (κ1) is 16.8. The molecule has 1 aliphatic carbocycles. The Morgan fingerprint density at radius 2 is 1.52 bits per heavy atom. The van der Waals surface area contributed by atoms with E-state index in [0.29, 0.717) is 16.7 Å². The van der Waals surface area contributed by atoms with Gasteiger partial charge in [-0.05, 0) is 17.5 Å². The fourth-order valence-electron chi connectivity index (χ4n) is 3.07. The van der Waals surface area contributed by atoms with Gasteiger partial charge in [-0.25, -0.2) is 0 Å². The van der Waals surface area contributed by atoms with Crippen molar-refractivity contribution < 1.29 is 14.4 Å². The minimum absolute atomic E-state index is 0.0550. The number of carbonyl (C=O) groups is 3. The average molecular weight is 333 g/mol. The molecule has 25 heavy (non-hydrogen) atoms. The largest absolute Gasteiger partial charge is 0.322 e. The van der Waals surface area contributed by atoms with Crippen LogP contribution < -0.4 is 5.32 Å². The summed E-state index contributed by atoms with van der Waals surface area (Å²) < 4.78 is 0. The number of benzene rings is 2. The monoisotopic (exact) mass is 333 g/mol. The van der Waals surface area contributed by atoms with Gasteiger partial charge < -0.3 is 5.32 Å². The topological polar surface area (TPSA) is 63.2 Å². The Bertz CT molecular complexity index is 892. The normalized spacial score (nSPS) is 13.7. The minimum atomic E-state index is -0.379. The molecule has 0 aliphatic heterocycles. The van der Waals surface area contributed by atoms with Crippen LogP contribution in [-0.4, -0.2) is 17.5 Å². The molecule has 0 aromatic heterocycles. The molecule has 0 saturated heterocycles. The van der Waals surface area contributed by atoms with Crippen molar-refractivity contribution in [3.05, 3.63) is 76.5 Å². The van der Waals surface area contributed by atoms with Crippen LogP contribution >= 0.6 is 0 Å². The number of fused-ring (bicyclic) bond motifs is 1. The molecular formula is C21H19NO3. The van der Waals surface area contributed by atoms with Gasteiger partial charge in [0.25, 0.3) is 0 Å². The lowest BCUT2D eigenvalue weighted by atomic mass is 9.83. The van der Waals surface area contributed by atoms with Gasteiger partial charge in [-0.1, -0.05) is 61.9 Å². The van der Waals surface area contributed by atoms with E-state index in [-0.39, 0.29) is 28.7 Å². The summed E-state index contributed by atoms with van der Waals surface area (Å²) in [6, 6.07) is 14.3. The Morgan fingerprint density at radius 1 is 0.920 bits per heavy atom. The average Bonchev–Trinajstić information content (AvgIpc) is 2.61. The maximum atomic E-state index is 13.0. The Hall–Kier alpha value is -3.01. The molecule has 1 N–H and O–H groups in total. The maximum absolute atomic E-state index is 13.0. The molecule has 0 bridgehead atoms. The number of hydrogen-bond donors (Lipinski definition) is 1. The first-order valence-electron chi connectivity index (χ1n) is 8.32. The maximum Gasteiger partial charge on any atom is 0.221 e. The fraction of sp³-hybridized carbons (Fsp3) is 0.190. The number of amides is 1. The second kappa shape index (κ2) is 6.85. The third-order valence-corrected chi connectivity index (χ3v) is 4.20. The van der Waals surface area contributed by atoms with Crippen LogP contribution in [0, 0.1) is 0 Å². The highest BCUT2D eigenvalue weighted by Gasteiger charge is 2.33. The van der Waals surface area contributed by atoms with E-state index in [0.717, 1.165) is 12.8 Å². The number of nitrogens with one attached hydrogen (secondary N) is 1. The van der Waals surface area contributed by atoms with Crippen molar-refractivity contribution in [2.24, 2.45) is 0 Å². The van der Waals surface area contributed by atoms with Gasteiger partial charge in [0.05, 0.1) is 5.57 Å². The van der Waals surface area contributed by atoms with E-state index in [9.17, 15) is 14.4 Å². The third-order valence-electron chi connectivity index (χ3n) is 4.20. The van der Waals surface area contributed by atoms with E-state index in [2.05, 4.69) is 12.2 Å². The molecule has 0 radical (unpaired) electrons. The second-order valence-corrected chi connectivity index (χ2v) is 6.08. The molecule has 2 aromatic carbocycles. The Morgan fingerprint density at radius 3 is 2.08 bits per heavy atom. The minimum Gasteiger partial charge on any atom is -0.322 e. The number of hydrogen-bond acceptors (Lipinski definition) is 3. The first-order chi connectivity index (χ1) is 12.0. The Labute approximate surface area is 146 Å². The van der Waals surface area contributed by atoms with Crippen LogP contribution in [-0.2, 0) is 11.2 Å². The van der Waals surface area contributed by atoms with Crippen molar-refractivity contribution in [1.29, 1.82) is 0 Å². The molecule has 0 unspecified atom stereocenters. The quantitative estimate of drug-likeness (QED) is 0.930. The van der Waals surface area contributed by atoms with Gasteiger partial charge in [-0.3, -0.25) is 14.4 Å². The van der Waals surface area contributed by atoms with Crippen molar-refractivity contribution in [1.82, 2.24) is 5.32 Å². The molecule has 0 atom stereocenters. The number of allylic oxidation sites excluding steroid dienone is 2. The second-order valence-electron chi connectivity index (χ2n) is 6.08. The van der Waals surface area contributed by atoms with Crippen LogP contribution in [0.2, 0.25) is 0 Å². The zero-order valence-electron chi connectivity index (χ0n) is 14.3. The first-order valence-corrected chi connectivity index (χ1v) is 8.32. The van der Waals surface area contributed by atoms with Crippen molar-refractivity contribution in [2.75, 3.05) is 0 Å². The Kier molecular flexibility index (Phi) is 4.61. The van der Waals surface area contributed by atoms with Gasteiger partial charge in [-0.15, -0.1) is 0 Å². The Balaban J connectivity index is 2.16. The molecule has 126 valence electrons. The van der Waals surface area contributed by atoms with Crippen LogP contribution in [0.1, 0.15) is 52.1 Å². The molecule has 0 spiro atoms. The van der Waals surface area contributed by atoms with E-state index < -0.39 is 0 Å². The molecule has 0 heterocycles. The van der Waals surface area contributed by atoms with Gasteiger partial charge in [0, 0.05) is 18.1 Å². The molecule has 1 amide bonds. The molecule has 4 heteroatoms. The highest BCUT2D eigenvalue weighted by Crippen LogP contribution is 2.31. The van der Waals surface area contributed by atoms with E-state index in [1.54, 1.807) is 24.3 Å². The summed E-state index contributed by atoms with van der Waals surface area (Å²) in [7, 11) is 0. The lowest BCUT2D eigenvalue weighted by Gasteiger charge is -2.21. The number of ketones is 2. The SMILES string of the molecule is CCCc1ccc(C2=C(NC(C)=O)C(=O)c3ccccc3C2=O)cc1. The van der Waals surface area contributed by atoms with Crippen molar-refractivity contribution in [3.63, 3.8) is 0 Å². The number of carbonyl (C=O) groups excluding carboxylic acids is 3. The van der Waals surface area contributed by atoms with Gasteiger partial charge in [0.2, 0.25) is 11.7 Å². The lowest BCUT2D eigenvalue weighted by Crippen LogP contribution is -2.32.